The molecule has 0 saturated heterocycles. The highest BCUT2D eigenvalue weighted by atomic mass is 16.5. The Labute approximate surface area is 187 Å². The average Bonchev–Trinajstić information content (AvgIpc) is 3.16. The van der Waals surface area contributed by atoms with Crippen LogP contribution in [0.5, 0.6) is 5.88 Å². The maximum Gasteiger partial charge on any atom is 0.353 e. The topological polar surface area (TPSA) is 30.9 Å². The molecule has 0 spiro atoms. The monoisotopic (exact) mass is 420 g/mol. The van der Waals surface area contributed by atoms with Crippen molar-refractivity contribution in [3.05, 3.63) is 64.8 Å². The second-order valence-electron chi connectivity index (χ2n) is 9.61. The molecule has 1 aromatic heterocycles. The summed E-state index contributed by atoms with van der Waals surface area (Å²) in [5, 5.41) is 5.10. The van der Waals surface area contributed by atoms with Gasteiger partial charge in [0.05, 0.1) is 7.11 Å². The summed E-state index contributed by atoms with van der Waals surface area (Å²) in [4.78, 5) is 0. The van der Waals surface area contributed by atoms with Crippen LogP contribution in [0.3, 0.4) is 0 Å². The van der Waals surface area contributed by atoms with Crippen LogP contribution < -0.4 is 9.42 Å². The number of para-hydroxylation sites is 2. The molecule has 3 rings (SSSR count). The molecule has 0 atom stereocenters. The highest BCUT2D eigenvalue weighted by molar-refractivity contribution is 5.51. The first-order valence-corrected chi connectivity index (χ1v) is 11.5. The van der Waals surface area contributed by atoms with Gasteiger partial charge in [-0.1, -0.05) is 101 Å². The van der Waals surface area contributed by atoms with Gasteiger partial charge in [-0.05, 0) is 23.7 Å². The molecule has 3 aromatic rings. The number of rotatable bonds is 7. The molecule has 1 heterocycles. The molecule has 31 heavy (non-hydrogen) atoms. The zero-order valence-electron chi connectivity index (χ0n) is 20.6. The van der Waals surface area contributed by atoms with Gasteiger partial charge in [0.25, 0.3) is 0 Å². The van der Waals surface area contributed by atoms with Crippen molar-refractivity contribution in [3.63, 3.8) is 0 Å². The van der Waals surface area contributed by atoms with Crippen molar-refractivity contribution in [1.82, 2.24) is 9.90 Å². The molecular formula is C27H38N3O+. The number of hydrogen-bond donors (Lipinski definition) is 0. The Kier molecular flexibility index (Phi) is 6.88. The maximum atomic E-state index is 5.85. The van der Waals surface area contributed by atoms with E-state index in [0.717, 1.165) is 17.3 Å². The van der Waals surface area contributed by atoms with Crippen LogP contribution in [0.4, 0.5) is 0 Å². The summed E-state index contributed by atoms with van der Waals surface area (Å²) in [5.41, 5.74) is 7.45. The molecule has 2 aromatic carbocycles. The minimum Gasteiger partial charge on any atom is -0.461 e. The van der Waals surface area contributed by atoms with E-state index < -0.39 is 0 Å². The Hall–Kier alpha value is -2.62. The van der Waals surface area contributed by atoms with Crippen LogP contribution >= 0.6 is 0 Å². The maximum absolute atomic E-state index is 5.85. The molecule has 4 heteroatoms. The molecule has 0 amide bonds. The third-order valence-corrected chi connectivity index (χ3v) is 5.96. The Morgan fingerprint density at radius 2 is 1.13 bits per heavy atom. The second kappa shape index (κ2) is 9.25. The molecule has 0 aliphatic heterocycles. The predicted octanol–water partition coefficient (Wildman–Crippen LogP) is 6.65. The van der Waals surface area contributed by atoms with E-state index in [0.29, 0.717) is 23.7 Å². The normalized spacial score (nSPS) is 11.9. The molecule has 0 saturated carbocycles. The minimum atomic E-state index is 0.380. The summed E-state index contributed by atoms with van der Waals surface area (Å²) in [6, 6.07) is 13.2. The van der Waals surface area contributed by atoms with Crippen molar-refractivity contribution < 1.29 is 9.42 Å². The second-order valence-corrected chi connectivity index (χ2v) is 9.61. The fourth-order valence-electron chi connectivity index (χ4n) is 4.26. The summed E-state index contributed by atoms with van der Waals surface area (Å²) >= 11 is 0. The van der Waals surface area contributed by atoms with Crippen LogP contribution in [0.25, 0.3) is 11.4 Å². The molecule has 166 valence electrons. The van der Waals surface area contributed by atoms with Crippen molar-refractivity contribution >= 4 is 0 Å². The van der Waals surface area contributed by atoms with Crippen LogP contribution in [0.1, 0.15) is 101 Å². The Morgan fingerprint density at radius 3 is 1.52 bits per heavy atom. The molecule has 0 unspecified atom stereocenters. The predicted molar refractivity (Wildman–Crippen MR) is 128 cm³/mol. The van der Waals surface area contributed by atoms with Gasteiger partial charge < -0.3 is 4.74 Å². The third-order valence-electron chi connectivity index (χ3n) is 5.96. The number of hydrogen-bond acceptors (Lipinski definition) is 2. The van der Waals surface area contributed by atoms with E-state index in [-0.39, 0.29) is 0 Å². The first-order chi connectivity index (χ1) is 14.7. The Bertz CT molecular complexity index is 992. The summed E-state index contributed by atoms with van der Waals surface area (Å²) in [6.45, 7) is 17.9. The Balaban J connectivity index is 2.34. The van der Waals surface area contributed by atoms with E-state index >= 15 is 0 Å². The SMILES string of the molecule is COc1cn(-c2c(C(C)C)cccc2C(C)C)n[n+]1-c1c(C(C)C)cccc1C(C)C. The lowest BCUT2D eigenvalue weighted by atomic mass is 9.93. The van der Waals surface area contributed by atoms with E-state index in [1.807, 2.05) is 15.6 Å². The lowest BCUT2D eigenvalue weighted by Crippen LogP contribution is -2.38. The largest absolute Gasteiger partial charge is 0.461 e. The van der Waals surface area contributed by atoms with E-state index in [1.165, 1.54) is 22.3 Å². The molecule has 0 radical (unpaired) electrons. The lowest BCUT2D eigenvalue weighted by molar-refractivity contribution is -0.667. The first kappa shape index (κ1) is 23.1. The summed E-state index contributed by atoms with van der Waals surface area (Å²) in [6.07, 6.45) is 2.02. The highest BCUT2D eigenvalue weighted by Gasteiger charge is 2.29. The molecule has 4 nitrogen and oxygen atoms in total. The van der Waals surface area contributed by atoms with Gasteiger partial charge in [0, 0.05) is 22.3 Å². The van der Waals surface area contributed by atoms with E-state index in [9.17, 15) is 0 Å². The van der Waals surface area contributed by atoms with Gasteiger partial charge in [0.2, 0.25) is 6.20 Å². The smallest absolute Gasteiger partial charge is 0.353 e. The lowest BCUT2D eigenvalue weighted by Gasteiger charge is -2.16. The molecular weight excluding hydrogens is 382 g/mol. The number of methoxy groups -OCH3 is 1. The Morgan fingerprint density at radius 1 is 0.710 bits per heavy atom. The zero-order chi connectivity index (χ0) is 22.9. The zero-order valence-corrected chi connectivity index (χ0v) is 20.6. The van der Waals surface area contributed by atoms with E-state index in [1.54, 1.807) is 7.11 Å². The van der Waals surface area contributed by atoms with E-state index in [4.69, 9.17) is 9.95 Å². The number of benzene rings is 2. The summed E-state index contributed by atoms with van der Waals surface area (Å²) < 4.78 is 9.86. The average molecular weight is 421 g/mol. The molecule has 0 N–H and O–H groups in total. The van der Waals surface area contributed by atoms with Crippen molar-refractivity contribution in [3.8, 4) is 17.3 Å². The van der Waals surface area contributed by atoms with Crippen molar-refractivity contribution in [2.45, 2.75) is 79.1 Å². The van der Waals surface area contributed by atoms with Gasteiger partial charge in [-0.3, -0.25) is 0 Å². The van der Waals surface area contributed by atoms with Crippen LogP contribution in [-0.4, -0.2) is 17.0 Å². The quantitative estimate of drug-likeness (QED) is 0.401. The van der Waals surface area contributed by atoms with Crippen LogP contribution in [-0.2, 0) is 0 Å². The van der Waals surface area contributed by atoms with Gasteiger partial charge in [-0.2, -0.15) is 0 Å². The molecule has 0 aliphatic rings. The fourth-order valence-corrected chi connectivity index (χ4v) is 4.26. The summed E-state index contributed by atoms with van der Waals surface area (Å²) in [5.74, 6) is 2.29. The van der Waals surface area contributed by atoms with Gasteiger partial charge in [-0.15, -0.1) is 0 Å². The number of ether oxygens (including phenoxy) is 1. The molecule has 0 aliphatic carbocycles. The van der Waals surface area contributed by atoms with Crippen molar-refractivity contribution in [2.24, 2.45) is 0 Å². The first-order valence-electron chi connectivity index (χ1n) is 11.5. The van der Waals surface area contributed by atoms with Crippen LogP contribution in [0.2, 0.25) is 0 Å². The fraction of sp³-hybridized carbons (Fsp3) is 0.481. The van der Waals surface area contributed by atoms with E-state index in [2.05, 4.69) is 91.8 Å². The number of nitrogens with zero attached hydrogens (tertiary/aromatic N) is 3. The third kappa shape index (κ3) is 4.39. The summed E-state index contributed by atoms with van der Waals surface area (Å²) in [7, 11) is 1.72. The van der Waals surface area contributed by atoms with Crippen molar-refractivity contribution in [1.29, 1.82) is 0 Å². The van der Waals surface area contributed by atoms with Crippen LogP contribution in [0.15, 0.2) is 42.6 Å². The van der Waals surface area contributed by atoms with Gasteiger partial charge in [0.15, 0.2) is 11.4 Å². The molecule has 0 fully saturated rings. The van der Waals surface area contributed by atoms with Crippen LogP contribution in [0, 0.1) is 0 Å². The minimum absolute atomic E-state index is 0.380. The van der Waals surface area contributed by atoms with Gasteiger partial charge >= 0.3 is 5.88 Å². The number of aromatic nitrogens is 3. The highest BCUT2D eigenvalue weighted by Crippen LogP contribution is 2.32. The van der Waals surface area contributed by atoms with Crippen molar-refractivity contribution in [2.75, 3.05) is 7.11 Å². The van der Waals surface area contributed by atoms with Gasteiger partial charge in [-0.25, -0.2) is 0 Å². The molecule has 0 bridgehead atoms. The standard InChI is InChI=1S/C27H38N3O/c1-17(2)21-12-10-13-22(18(3)4)26(21)29-16-25(31-9)30(28-29)27-23(19(5)6)14-11-15-24(27)20(7)8/h10-20H,1-9H3/q+1. The van der Waals surface area contributed by atoms with Gasteiger partial charge in [0.1, 0.15) is 5.21 Å².